The molecule has 6 heteroatoms. The summed E-state index contributed by atoms with van der Waals surface area (Å²) in [5, 5.41) is 8.80. The van der Waals surface area contributed by atoms with E-state index in [1.54, 1.807) is 13.4 Å². The van der Waals surface area contributed by atoms with E-state index in [2.05, 4.69) is 24.0 Å². The van der Waals surface area contributed by atoms with Crippen molar-refractivity contribution in [1.29, 1.82) is 0 Å². The lowest BCUT2D eigenvalue weighted by molar-refractivity contribution is 0.102. The van der Waals surface area contributed by atoms with Gasteiger partial charge in [-0.1, -0.05) is 62.0 Å². The molecule has 27 heavy (non-hydrogen) atoms. The molecule has 0 aliphatic rings. The number of rotatable bonds is 8. The van der Waals surface area contributed by atoms with E-state index in [-0.39, 0.29) is 5.78 Å². The normalized spacial score (nSPS) is 12.0. The molecule has 0 spiro atoms. The van der Waals surface area contributed by atoms with E-state index >= 15 is 0 Å². The standard InChI is InChI=1S/C21H23N3O2S/c1-4-15(2)16-9-11-17(12-10-16)19(25)13-27-21-23-22-14-24(21)18-7-5-6-8-20(18)26-3/h5-12,14-15H,4,13H2,1-3H3. The number of ketones is 1. The summed E-state index contributed by atoms with van der Waals surface area (Å²) >= 11 is 1.37. The molecule has 0 bridgehead atoms. The van der Waals surface area contributed by atoms with Crippen LogP contribution >= 0.6 is 11.8 Å². The summed E-state index contributed by atoms with van der Waals surface area (Å²) in [4.78, 5) is 12.6. The Labute approximate surface area is 163 Å². The molecule has 1 heterocycles. The van der Waals surface area contributed by atoms with E-state index in [0.717, 1.165) is 23.4 Å². The van der Waals surface area contributed by atoms with Crippen molar-refractivity contribution < 1.29 is 9.53 Å². The topological polar surface area (TPSA) is 57.0 Å². The smallest absolute Gasteiger partial charge is 0.196 e. The summed E-state index contributed by atoms with van der Waals surface area (Å²) < 4.78 is 7.24. The van der Waals surface area contributed by atoms with Gasteiger partial charge in [-0.15, -0.1) is 10.2 Å². The van der Waals surface area contributed by atoms with Crippen LogP contribution in [0.25, 0.3) is 5.69 Å². The molecular formula is C21H23N3O2S. The number of Topliss-reactive ketones (excluding diaryl/α,β-unsaturated/α-hetero) is 1. The Bertz CT molecular complexity index is 906. The fraction of sp³-hybridized carbons (Fsp3) is 0.286. The number of aromatic nitrogens is 3. The van der Waals surface area contributed by atoms with Gasteiger partial charge in [-0.2, -0.15) is 0 Å². The van der Waals surface area contributed by atoms with Crippen molar-refractivity contribution in [2.24, 2.45) is 0 Å². The molecule has 0 N–H and O–H groups in total. The summed E-state index contributed by atoms with van der Waals surface area (Å²) in [6.07, 6.45) is 2.72. The molecule has 0 saturated carbocycles. The highest BCUT2D eigenvalue weighted by molar-refractivity contribution is 7.99. The van der Waals surface area contributed by atoms with Gasteiger partial charge in [-0.25, -0.2) is 0 Å². The second-order valence-electron chi connectivity index (χ2n) is 6.30. The molecule has 0 fully saturated rings. The quantitative estimate of drug-likeness (QED) is 0.416. The molecule has 140 valence electrons. The average Bonchev–Trinajstić information content (AvgIpc) is 3.19. The number of carbonyl (C=O) groups excluding carboxylic acids is 1. The third-order valence-corrected chi connectivity index (χ3v) is 5.55. The number of thioether (sulfide) groups is 1. The van der Waals surface area contributed by atoms with Gasteiger partial charge in [0, 0.05) is 5.56 Å². The molecule has 0 aliphatic heterocycles. The molecular weight excluding hydrogens is 358 g/mol. The van der Waals surface area contributed by atoms with Gasteiger partial charge in [-0.3, -0.25) is 9.36 Å². The second kappa shape index (κ2) is 8.86. The second-order valence-corrected chi connectivity index (χ2v) is 7.24. The largest absolute Gasteiger partial charge is 0.495 e. The summed E-state index contributed by atoms with van der Waals surface area (Å²) in [6, 6.07) is 15.6. The predicted molar refractivity (Wildman–Crippen MR) is 108 cm³/mol. The fourth-order valence-electron chi connectivity index (χ4n) is 2.76. The first kappa shape index (κ1) is 19.2. The third kappa shape index (κ3) is 4.39. The lowest BCUT2D eigenvalue weighted by Crippen LogP contribution is -2.05. The highest BCUT2D eigenvalue weighted by atomic mass is 32.2. The molecule has 1 aromatic heterocycles. The number of hydrogen-bond acceptors (Lipinski definition) is 5. The molecule has 0 aliphatic carbocycles. The van der Waals surface area contributed by atoms with Crippen molar-refractivity contribution in [1.82, 2.24) is 14.8 Å². The minimum Gasteiger partial charge on any atom is -0.495 e. The van der Waals surface area contributed by atoms with Crippen LogP contribution in [0.3, 0.4) is 0 Å². The highest BCUT2D eigenvalue weighted by Gasteiger charge is 2.14. The van der Waals surface area contributed by atoms with Crippen molar-refractivity contribution in [3.05, 3.63) is 66.0 Å². The Morgan fingerprint density at radius 2 is 1.93 bits per heavy atom. The third-order valence-electron chi connectivity index (χ3n) is 4.61. The van der Waals surface area contributed by atoms with Gasteiger partial charge in [0.1, 0.15) is 12.1 Å². The minimum absolute atomic E-state index is 0.0743. The van der Waals surface area contributed by atoms with E-state index in [1.165, 1.54) is 17.3 Å². The first-order valence-electron chi connectivity index (χ1n) is 8.93. The van der Waals surface area contributed by atoms with Crippen molar-refractivity contribution in [2.75, 3.05) is 12.9 Å². The van der Waals surface area contributed by atoms with Gasteiger partial charge in [0.25, 0.3) is 0 Å². The van der Waals surface area contributed by atoms with Gasteiger partial charge in [-0.05, 0) is 30.0 Å². The maximum atomic E-state index is 12.6. The first-order chi connectivity index (χ1) is 13.1. The molecule has 3 aromatic rings. The maximum Gasteiger partial charge on any atom is 0.196 e. The minimum atomic E-state index is 0.0743. The number of carbonyl (C=O) groups is 1. The molecule has 0 amide bonds. The van der Waals surface area contributed by atoms with E-state index in [0.29, 0.717) is 16.8 Å². The monoisotopic (exact) mass is 381 g/mol. The summed E-state index contributed by atoms with van der Waals surface area (Å²) in [7, 11) is 1.63. The van der Waals surface area contributed by atoms with Crippen molar-refractivity contribution >= 4 is 17.5 Å². The lowest BCUT2D eigenvalue weighted by Gasteiger charge is -2.11. The summed E-state index contributed by atoms with van der Waals surface area (Å²) in [5.74, 6) is 1.61. The highest BCUT2D eigenvalue weighted by Crippen LogP contribution is 2.27. The van der Waals surface area contributed by atoms with Gasteiger partial charge >= 0.3 is 0 Å². The molecule has 0 saturated heterocycles. The summed E-state index contributed by atoms with van der Waals surface area (Å²) in [6.45, 7) is 4.36. The molecule has 1 atom stereocenters. The zero-order valence-corrected chi connectivity index (χ0v) is 16.6. The first-order valence-corrected chi connectivity index (χ1v) is 9.92. The van der Waals surface area contributed by atoms with Crippen LogP contribution in [0.2, 0.25) is 0 Å². The van der Waals surface area contributed by atoms with Gasteiger partial charge < -0.3 is 4.74 Å². The van der Waals surface area contributed by atoms with Crippen LogP contribution in [-0.2, 0) is 0 Å². The molecule has 5 nitrogen and oxygen atoms in total. The van der Waals surface area contributed by atoms with Crippen LogP contribution in [0.5, 0.6) is 5.75 Å². The number of methoxy groups -OCH3 is 1. The molecule has 0 radical (unpaired) electrons. The van der Waals surface area contributed by atoms with Crippen LogP contribution < -0.4 is 4.74 Å². The van der Waals surface area contributed by atoms with Crippen LogP contribution in [0.4, 0.5) is 0 Å². The number of hydrogen-bond donors (Lipinski definition) is 0. The fourth-order valence-corrected chi connectivity index (χ4v) is 3.58. The van der Waals surface area contributed by atoms with Gasteiger partial charge in [0.05, 0.1) is 18.6 Å². The Hall–Kier alpha value is -2.60. The molecule has 3 rings (SSSR count). The predicted octanol–water partition coefficient (Wildman–Crippen LogP) is 4.76. The number of ether oxygens (including phenoxy) is 1. The number of para-hydroxylation sites is 2. The van der Waals surface area contributed by atoms with Gasteiger partial charge in [0.2, 0.25) is 0 Å². The SMILES string of the molecule is CCC(C)c1ccc(C(=O)CSc2nncn2-c2ccccc2OC)cc1. The molecule has 1 unspecified atom stereocenters. The zero-order chi connectivity index (χ0) is 19.2. The number of benzene rings is 2. The van der Waals surface area contributed by atoms with Crippen molar-refractivity contribution in [3.8, 4) is 11.4 Å². The van der Waals surface area contributed by atoms with Crippen LogP contribution in [-0.4, -0.2) is 33.4 Å². The number of nitrogens with zero attached hydrogens (tertiary/aromatic N) is 3. The van der Waals surface area contributed by atoms with Crippen LogP contribution in [0.1, 0.15) is 42.1 Å². The van der Waals surface area contributed by atoms with Crippen LogP contribution in [0, 0.1) is 0 Å². The van der Waals surface area contributed by atoms with E-state index in [9.17, 15) is 4.79 Å². The average molecular weight is 382 g/mol. The Balaban J connectivity index is 1.71. The molecule has 2 aromatic carbocycles. The van der Waals surface area contributed by atoms with Gasteiger partial charge in [0.15, 0.2) is 10.9 Å². The summed E-state index contributed by atoms with van der Waals surface area (Å²) in [5.41, 5.74) is 2.83. The Morgan fingerprint density at radius 3 is 2.63 bits per heavy atom. The van der Waals surface area contributed by atoms with E-state index < -0.39 is 0 Å². The lowest BCUT2D eigenvalue weighted by atomic mass is 9.97. The van der Waals surface area contributed by atoms with E-state index in [4.69, 9.17) is 4.74 Å². The maximum absolute atomic E-state index is 12.6. The van der Waals surface area contributed by atoms with Crippen molar-refractivity contribution in [2.45, 2.75) is 31.3 Å². The Morgan fingerprint density at radius 1 is 1.19 bits per heavy atom. The Kier molecular flexibility index (Phi) is 6.29. The zero-order valence-electron chi connectivity index (χ0n) is 15.8. The van der Waals surface area contributed by atoms with Crippen LogP contribution in [0.15, 0.2) is 60.0 Å². The van der Waals surface area contributed by atoms with E-state index in [1.807, 2.05) is 53.1 Å². The van der Waals surface area contributed by atoms with Crippen molar-refractivity contribution in [3.63, 3.8) is 0 Å².